The first-order valence-corrected chi connectivity index (χ1v) is 10.4. The highest BCUT2D eigenvalue weighted by Crippen LogP contribution is 2.28. The molecule has 0 bridgehead atoms. The second kappa shape index (κ2) is 8.89. The summed E-state index contributed by atoms with van der Waals surface area (Å²) in [5.74, 6) is 0. The van der Waals surface area contributed by atoms with Crippen LogP contribution in [0.15, 0.2) is 76.9 Å². The maximum Gasteiger partial charge on any atom is 0.270 e. The van der Waals surface area contributed by atoms with Gasteiger partial charge in [0, 0.05) is 29.0 Å². The van der Waals surface area contributed by atoms with Crippen molar-refractivity contribution in [2.45, 2.75) is 11.8 Å². The van der Waals surface area contributed by atoms with Crippen molar-refractivity contribution >= 4 is 44.4 Å². The van der Waals surface area contributed by atoms with Crippen molar-refractivity contribution in [2.75, 3.05) is 10.1 Å². The summed E-state index contributed by atoms with van der Waals surface area (Å²) in [5, 5.41) is 15.8. The molecular formula is C19H16ClN5O4S. The summed E-state index contributed by atoms with van der Waals surface area (Å²) in [6.07, 6.45) is 1.60. The van der Waals surface area contributed by atoms with E-state index in [4.69, 9.17) is 11.6 Å². The molecule has 0 aliphatic carbocycles. The highest BCUT2D eigenvalue weighted by Gasteiger charge is 2.23. The van der Waals surface area contributed by atoms with Gasteiger partial charge in [0.25, 0.3) is 15.7 Å². The van der Waals surface area contributed by atoms with Crippen molar-refractivity contribution in [1.29, 1.82) is 0 Å². The molecule has 0 aliphatic heterocycles. The van der Waals surface area contributed by atoms with Crippen molar-refractivity contribution in [1.82, 2.24) is 4.98 Å². The van der Waals surface area contributed by atoms with Crippen molar-refractivity contribution in [3.63, 3.8) is 0 Å². The fourth-order valence-corrected chi connectivity index (χ4v) is 3.81. The van der Waals surface area contributed by atoms with Crippen LogP contribution >= 0.6 is 11.6 Å². The number of nitro benzene ring substituents is 1. The second-order valence-corrected chi connectivity index (χ2v) is 8.16. The molecule has 154 valence electrons. The normalized spacial score (nSPS) is 11.7. The molecule has 0 saturated heterocycles. The highest BCUT2D eigenvalue weighted by atomic mass is 35.5. The number of hydrogen-bond acceptors (Lipinski definition) is 7. The molecule has 0 spiro atoms. The van der Waals surface area contributed by atoms with E-state index in [-0.39, 0.29) is 22.0 Å². The maximum absolute atomic E-state index is 12.9. The Balaban J connectivity index is 1.97. The average Bonchev–Trinajstić information content (AvgIpc) is 2.74. The van der Waals surface area contributed by atoms with Crippen LogP contribution in [0.5, 0.6) is 0 Å². The lowest BCUT2D eigenvalue weighted by Crippen LogP contribution is -2.15. The molecule has 0 amide bonds. The summed E-state index contributed by atoms with van der Waals surface area (Å²) in [7, 11) is -4.17. The first kappa shape index (κ1) is 21.2. The molecule has 3 rings (SSSR count). The Labute approximate surface area is 177 Å². The van der Waals surface area contributed by atoms with Crippen molar-refractivity contribution in [2.24, 2.45) is 5.10 Å². The molecule has 0 unspecified atom stereocenters. The Morgan fingerprint density at radius 2 is 1.87 bits per heavy atom. The number of rotatable bonds is 7. The zero-order chi connectivity index (χ0) is 21.7. The predicted molar refractivity (Wildman–Crippen MR) is 115 cm³/mol. The van der Waals surface area contributed by atoms with Gasteiger partial charge in [-0.15, -0.1) is 0 Å². The van der Waals surface area contributed by atoms with E-state index in [1.54, 1.807) is 31.3 Å². The number of hydrogen-bond donors (Lipinski definition) is 2. The molecule has 0 aliphatic rings. The summed E-state index contributed by atoms with van der Waals surface area (Å²) in [6, 6.07) is 14.7. The Hall–Kier alpha value is -3.50. The van der Waals surface area contributed by atoms with Gasteiger partial charge in [-0.25, -0.2) is 8.42 Å². The van der Waals surface area contributed by atoms with Gasteiger partial charge in [-0.3, -0.25) is 25.2 Å². The van der Waals surface area contributed by atoms with Crippen LogP contribution in [0.2, 0.25) is 5.02 Å². The molecule has 2 N–H and O–H groups in total. The fourth-order valence-electron chi connectivity index (χ4n) is 2.45. The Kier molecular flexibility index (Phi) is 6.28. The van der Waals surface area contributed by atoms with E-state index in [0.717, 1.165) is 6.07 Å². The third-order valence-corrected chi connectivity index (χ3v) is 5.61. The molecule has 0 saturated carbocycles. The molecule has 0 fully saturated rings. The van der Waals surface area contributed by atoms with Gasteiger partial charge < -0.3 is 0 Å². The number of aromatic nitrogens is 1. The molecule has 0 radical (unpaired) electrons. The van der Waals surface area contributed by atoms with Crippen LogP contribution in [-0.2, 0) is 10.0 Å². The third kappa shape index (κ3) is 5.10. The van der Waals surface area contributed by atoms with Crippen LogP contribution in [-0.4, -0.2) is 24.0 Å². The van der Waals surface area contributed by atoms with E-state index in [0.29, 0.717) is 16.4 Å². The minimum Gasteiger partial charge on any atom is -0.280 e. The number of benzene rings is 2. The highest BCUT2D eigenvalue weighted by molar-refractivity contribution is 7.92. The zero-order valence-corrected chi connectivity index (χ0v) is 17.2. The van der Waals surface area contributed by atoms with Gasteiger partial charge in [0.1, 0.15) is 4.90 Å². The second-order valence-electron chi connectivity index (χ2n) is 6.07. The number of pyridine rings is 1. The summed E-state index contributed by atoms with van der Waals surface area (Å²) >= 11 is 5.82. The number of nitro groups is 1. The molecule has 1 heterocycles. The number of sulfonamides is 1. The van der Waals surface area contributed by atoms with Crippen molar-refractivity contribution in [3.8, 4) is 0 Å². The molecule has 11 heteroatoms. The zero-order valence-electron chi connectivity index (χ0n) is 15.6. The molecule has 2 aromatic carbocycles. The van der Waals surface area contributed by atoms with Gasteiger partial charge in [0.2, 0.25) is 0 Å². The molecule has 30 heavy (non-hydrogen) atoms. The fraction of sp³-hybridized carbons (Fsp3) is 0.0526. The van der Waals surface area contributed by atoms with Crippen molar-refractivity contribution < 1.29 is 13.3 Å². The maximum atomic E-state index is 12.9. The molecule has 3 aromatic rings. The smallest absolute Gasteiger partial charge is 0.270 e. The van der Waals surface area contributed by atoms with Crippen molar-refractivity contribution in [3.05, 3.63) is 87.7 Å². The first-order valence-electron chi connectivity index (χ1n) is 8.55. The summed E-state index contributed by atoms with van der Waals surface area (Å²) in [6.45, 7) is 1.70. The van der Waals surface area contributed by atoms with E-state index in [2.05, 4.69) is 20.2 Å². The topological polar surface area (TPSA) is 127 Å². The lowest BCUT2D eigenvalue weighted by molar-refractivity contribution is -0.385. The quantitative estimate of drug-likeness (QED) is 0.317. The van der Waals surface area contributed by atoms with E-state index in [1.165, 1.54) is 36.4 Å². The van der Waals surface area contributed by atoms with Gasteiger partial charge in [-0.2, -0.15) is 5.10 Å². The van der Waals surface area contributed by atoms with Crippen LogP contribution in [0, 0.1) is 10.1 Å². The number of nitrogens with one attached hydrogen (secondary N) is 2. The van der Waals surface area contributed by atoms with Gasteiger partial charge in [-0.05, 0) is 49.4 Å². The van der Waals surface area contributed by atoms with Crippen LogP contribution in [0.3, 0.4) is 0 Å². The van der Waals surface area contributed by atoms with Crippen LogP contribution < -0.4 is 10.1 Å². The minimum absolute atomic E-state index is 0.0670. The van der Waals surface area contributed by atoms with Crippen LogP contribution in [0.4, 0.5) is 17.1 Å². The monoisotopic (exact) mass is 445 g/mol. The van der Waals surface area contributed by atoms with Gasteiger partial charge >= 0.3 is 0 Å². The van der Waals surface area contributed by atoms with E-state index in [9.17, 15) is 18.5 Å². The largest absolute Gasteiger partial charge is 0.280 e. The van der Waals surface area contributed by atoms with E-state index < -0.39 is 14.9 Å². The van der Waals surface area contributed by atoms with Crippen LogP contribution in [0.25, 0.3) is 0 Å². The van der Waals surface area contributed by atoms with Crippen LogP contribution in [0.1, 0.15) is 12.6 Å². The standard InChI is InChI=1S/C19H16ClN5O4S/c1-13(17-4-2-3-11-21-17)22-23-18-10-9-16(25(26)27)12-19(18)30(28,29)24-15-7-5-14(20)6-8-15/h2-12,23-24H,1H3/b22-13-. The first-order chi connectivity index (χ1) is 14.3. The molecular weight excluding hydrogens is 430 g/mol. The summed E-state index contributed by atoms with van der Waals surface area (Å²) in [5.41, 5.74) is 3.71. The SMILES string of the molecule is C/C(=N/Nc1ccc([N+](=O)[O-])cc1S(=O)(=O)Nc1ccc(Cl)cc1)c1ccccn1. The number of anilines is 2. The summed E-state index contributed by atoms with van der Waals surface area (Å²) < 4.78 is 28.2. The van der Waals surface area contributed by atoms with Gasteiger partial charge in [0.15, 0.2) is 0 Å². The number of non-ortho nitro benzene ring substituents is 1. The average molecular weight is 446 g/mol. The molecule has 1 aromatic heterocycles. The summed E-state index contributed by atoms with van der Waals surface area (Å²) in [4.78, 5) is 14.3. The van der Waals surface area contributed by atoms with Gasteiger partial charge in [-0.1, -0.05) is 17.7 Å². The third-order valence-electron chi connectivity index (χ3n) is 3.94. The minimum atomic E-state index is -4.17. The Bertz CT molecular complexity index is 1200. The Morgan fingerprint density at radius 1 is 1.13 bits per heavy atom. The lowest BCUT2D eigenvalue weighted by Gasteiger charge is -2.12. The number of hydrazone groups is 1. The number of nitrogens with zero attached hydrogens (tertiary/aromatic N) is 3. The van der Waals surface area contributed by atoms with E-state index in [1.807, 2.05) is 0 Å². The van der Waals surface area contributed by atoms with Gasteiger partial charge in [0.05, 0.1) is 22.0 Å². The lowest BCUT2D eigenvalue weighted by atomic mass is 10.2. The predicted octanol–water partition coefficient (Wildman–Crippen LogP) is 4.28. The number of halogens is 1. The molecule has 0 atom stereocenters. The molecule has 9 nitrogen and oxygen atoms in total. The van der Waals surface area contributed by atoms with E-state index >= 15 is 0 Å². The Morgan fingerprint density at radius 3 is 2.50 bits per heavy atom.